The highest BCUT2D eigenvalue weighted by molar-refractivity contribution is 5.97. The van der Waals surface area contributed by atoms with Gasteiger partial charge in [-0.25, -0.2) is 4.98 Å². The number of amides is 1. The second-order valence-electron chi connectivity index (χ2n) is 6.55. The highest BCUT2D eigenvalue weighted by Gasteiger charge is 2.22. The molecular weight excluding hydrogens is 340 g/mol. The van der Waals surface area contributed by atoms with Crippen molar-refractivity contribution in [3.63, 3.8) is 0 Å². The fourth-order valence-electron chi connectivity index (χ4n) is 3.25. The van der Waals surface area contributed by atoms with Crippen LogP contribution < -0.4 is 0 Å². The van der Waals surface area contributed by atoms with Crippen LogP contribution in [0.4, 0.5) is 0 Å². The molecule has 0 N–H and O–H groups in total. The lowest BCUT2D eigenvalue weighted by atomic mass is 10.1. The van der Waals surface area contributed by atoms with E-state index in [-0.39, 0.29) is 11.9 Å². The molecule has 2 aromatic carbocycles. The topological polar surface area (TPSA) is 64.2 Å². The maximum atomic E-state index is 12.9. The first kappa shape index (κ1) is 17.0. The SMILES string of the molecule is Cc1nc2cc(C(=O)N(C)C(C)c3ccon3)ccc2n1-c1ccccc1. The lowest BCUT2D eigenvalue weighted by Crippen LogP contribution is -2.29. The molecule has 1 amide bonds. The Morgan fingerprint density at radius 3 is 2.63 bits per heavy atom. The number of carbonyl (C=O) groups is 1. The standard InChI is InChI=1S/C21H20N4O2/c1-14(18-11-12-27-23-18)24(3)21(26)16-9-10-20-19(13-16)22-15(2)25(20)17-7-5-4-6-8-17/h4-14H,1-3H3. The average molecular weight is 360 g/mol. The van der Waals surface area contributed by atoms with Crippen LogP contribution in [0.5, 0.6) is 0 Å². The zero-order valence-electron chi connectivity index (χ0n) is 15.5. The maximum Gasteiger partial charge on any atom is 0.254 e. The Morgan fingerprint density at radius 2 is 1.93 bits per heavy atom. The van der Waals surface area contributed by atoms with E-state index >= 15 is 0 Å². The van der Waals surface area contributed by atoms with Gasteiger partial charge >= 0.3 is 0 Å². The van der Waals surface area contributed by atoms with E-state index in [0.29, 0.717) is 5.56 Å². The molecular formula is C21H20N4O2. The number of rotatable bonds is 4. The summed E-state index contributed by atoms with van der Waals surface area (Å²) in [5.74, 6) is 0.796. The molecule has 2 aromatic heterocycles. The summed E-state index contributed by atoms with van der Waals surface area (Å²) in [6, 6.07) is 17.3. The zero-order valence-corrected chi connectivity index (χ0v) is 15.5. The first-order valence-corrected chi connectivity index (χ1v) is 8.78. The van der Waals surface area contributed by atoms with Gasteiger partial charge in [-0.2, -0.15) is 0 Å². The molecule has 0 aliphatic rings. The molecule has 136 valence electrons. The summed E-state index contributed by atoms with van der Waals surface area (Å²) in [5, 5.41) is 3.93. The predicted octanol–water partition coefficient (Wildman–Crippen LogP) is 4.16. The van der Waals surface area contributed by atoms with Gasteiger partial charge in [0, 0.05) is 24.4 Å². The molecule has 0 radical (unpaired) electrons. The molecule has 1 atom stereocenters. The molecule has 0 bridgehead atoms. The van der Waals surface area contributed by atoms with Crippen molar-refractivity contribution in [2.45, 2.75) is 19.9 Å². The van der Waals surface area contributed by atoms with E-state index in [9.17, 15) is 4.79 Å². The van der Waals surface area contributed by atoms with Crippen LogP contribution in [0.2, 0.25) is 0 Å². The summed E-state index contributed by atoms with van der Waals surface area (Å²) < 4.78 is 6.97. The first-order valence-electron chi connectivity index (χ1n) is 8.78. The van der Waals surface area contributed by atoms with E-state index < -0.39 is 0 Å². The van der Waals surface area contributed by atoms with Crippen LogP contribution in [0.3, 0.4) is 0 Å². The summed E-state index contributed by atoms with van der Waals surface area (Å²) in [6.45, 7) is 3.88. The summed E-state index contributed by atoms with van der Waals surface area (Å²) in [6.07, 6.45) is 1.51. The molecule has 0 aliphatic carbocycles. The number of para-hydroxylation sites is 1. The third kappa shape index (κ3) is 2.99. The summed E-state index contributed by atoms with van der Waals surface area (Å²) in [7, 11) is 1.76. The molecule has 0 spiro atoms. The largest absolute Gasteiger partial charge is 0.364 e. The molecule has 2 heterocycles. The molecule has 0 saturated heterocycles. The van der Waals surface area contributed by atoms with Crippen LogP contribution >= 0.6 is 0 Å². The molecule has 4 rings (SSSR count). The third-order valence-corrected chi connectivity index (χ3v) is 4.87. The quantitative estimate of drug-likeness (QED) is 0.548. The molecule has 0 aliphatic heterocycles. The molecule has 6 nitrogen and oxygen atoms in total. The van der Waals surface area contributed by atoms with Gasteiger partial charge in [-0.05, 0) is 44.2 Å². The van der Waals surface area contributed by atoms with Crippen molar-refractivity contribution in [2.24, 2.45) is 0 Å². The van der Waals surface area contributed by atoms with Gasteiger partial charge in [-0.1, -0.05) is 23.4 Å². The lowest BCUT2D eigenvalue weighted by molar-refractivity contribution is 0.0737. The van der Waals surface area contributed by atoms with Crippen LogP contribution in [0.15, 0.2) is 65.4 Å². The zero-order chi connectivity index (χ0) is 19.0. The number of aromatic nitrogens is 3. The number of carbonyl (C=O) groups excluding carboxylic acids is 1. The van der Waals surface area contributed by atoms with Crippen molar-refractivity contribution in [3.8, 4) is 5.69 Å². The van der Waals surface area contributed by atoms with Crippen molar-refractivity contribution >= 4 is 16.9 Å². The maximum absolute atomic E-state index is 12.9. The smallest absolute Gasteiger partial charge is 0.254 e. The van der Waals surface area contributed by atoms with E-state index in [1.54, 1.807) is 18.0 Å². The van der Waals surface area contributed by atoms with Gasteiger partial charge < -0.3 is 9.42 Å². The van der Waals surface area contributed by atoms with Crippen LogP contribution in [0.1, 0.15) is 34.8 Å². The van der Waals surface area contributed by atoms with Crippen LogP contribution in [-0.2, 0) is 0 Å². The van der Waals surface area contributed by atoms with Crippen molar-refractivity contribution in [3.05, 3.63) is 77.9 Å². The second kappa shape index (κ2) is 6.72. The van der Waals surface area contributed by atoms with Gasteiger partial charge in [0.25, 0.3) is 5.91 Å². The highest BCUT2D eigenvalue weighted by atomic mass is 16.5. The van der Waals surface area contributed by atoms with E-state index in [4.69, 9.17) is 4.52 Å². The van der Waals surface area contributed by atoms with Gasteiger partial charge in [-0.3, -0.25) is 9.36 Å². The van der Waals surface area contributed by atoms with Gasteiger partial charge in [0.1, 0.15) is 17.8 Å². The van der Waals surface area contributed by atoms with Crippen molar-refractivity contribution in [2.75, 3.05) is 7.05 Å². The molecule has 4 aromatic rings. The van der Waals surface area contributed by atoms with E-state index in [1.165, 1.54) is 6.26 Å². The number of benzene rings is 2. The Kier molecular flexibility index (Phi) is 4.24. The minimum Gasteiger partial charge on any atom is -0.364 e. The Hall–Kier alpha value is -3.41. The fraction of sp³-hybridized carbons (Fsp3) is 0.190. The van der Waals surface area contributed by atoms with Gasteiger partial charge in [0.2, 0.25) is 0 Å². The number of hydrogen-bond acceptors (Lipinski definition) is 4. The predicted molar refractivity (Wildman–Crippen MR) is 103 cm³/mol. The van der Waals surface area contributed by atoms with Gasteiger partial charge in [-0.15, -0.1) is 0 Å². The molecule has 1 unspecified atom stereocenters. The molecule has 6 heteroatoms. The van der Waals surface area contributed by atoms with Crippen molar-refractivity contribution in [1.82, 2.24) is 19.6 Å². The Labute approximate surface area is 157 Å². The number of imidazole rings is 1. The minimum absolute atomic E-state index is 0.0840. The second-order valence-corrected chi connectivity index (χ2v) is 6.55. The minimum atomic E-state index is -0.185. The van der Waals surface area contributed by atoms with Crippen LogP contribution in [-0.4, -0.2) is 32.6 Å². The van der Waals surface area contributed by atoms with E-state index in [1.807, 2.05) is 62.4 Å². The number of nitrogens with zero attached hydrogens (tertiary/aromatic N) is 4. The van der Waals surface area contributed by atoms with Gasteiger partial charge in [0.15, 0.2) is 0 Å². The third-order valence-electron chi connectivity index (χ3n) is 4.87. The monoisotopic (exact) mass is 360 g/mol. The van der Waals surface area contributed by atoms with Crippen molar-refractivity contribution in [1.29, 1.82) is 0 Å². The Morgan fingerprint density at radius 1 is 1.15 bits per heavy atom. The van der Waals surface area contributed by atoms with Crippen molar-refractivity contribution < 1.29 is 9.32 Å². The van der Waals surface area contributed by atoms with Crippen LogP contribution in [0.25, 0.3) is 16.7 Å². The summed E-state index contributed by atoms with van der Waals surface area (Å²) >= 11 is 0. The number of fused-ring (bicyclic) bond motifs is 1. The lowest BCUT2D eigenvalue weighted by Gasteiger charge is -2.23. The highest BCUT2D eigenvalue weighted by Crippen LogP contribution is 2.24. The molecule has 0 saturated carbocycles. The van der Waals surface area contributed by atoms with Crippen LogP contribution in [0, 0.1) is 6.92 Å². The Balaban J connectivity index is 1.69. The molecule has 27 heavy (non-hydrogen) atoms. The average Bonchev–Trinajstić information content (AvgIpc) is 3.33. The normalized spacial score (nSPS) is 12.3. The van der Waals surface area contributed by atoms with E-state index in [0.717, 1.165) is 28.2 Å². The summed E-state index contributed by atoms with van der Waals surface area (Å²) in [4.78, 5) is 19.2. The first-order chi connectivity index (χ1) is 13.1. The number of hydrogen-bond donors (Lipinski definition) is 0. The van der Waals surface area contributed by atoms with E-state index in [2.05, 4.69) is 14.7 Å². The Bertz CT molecular complexity index is 1080. The molecule has 0 fully saturated rings. The number of aryl methyl sites for hydroxylation is 1. The summed E-state index contributed by atoms with van der Waals surface area (Å²) in [5.41, 5.74) is 4.13. The fourth-order valence-corrected chi connectivity index (χ4v) is 3.25. The van der Waals surface area contributed by atoms with Gasteiger partial charge in [0.05, 0.1) is 17.1 Å².